The van der Waals surface area contributed by atoms with Crippen LogP contribution >= 0.6 is 0 Å². The number of nitrogens with one attached hydrogen (secondary N) is 2. The largest absolute Gasteiger partial charge is 0.493 e. The Morgan fingerprint density at radius 2 is 1.83 bits per heavy atom. The zero-order valence-corrected chi connectivity index (χ0v) is 21.9. The van der Waals surface area contributed by atoms with Gasteiger partial charge in [-0.15, -0.1) is 10.2 Å². The van der Waals surface area contributed by atoms with Crippen LogP contribution in [0.25, 0.3) is 0 Å². The molecule has 0 saturated heterocycles. The second-order valence-corrected chi connectivity index (χ2v) is 9.21. The van der Waals surface area contributed by atoms with Gasteiger partial charge in [-0.2, -0.15) is 23.7 Å². The molecule has 2 atom stereocenters. The molecule has 1 aromatic heterocycles. The number of ether oxygens (including phenoxy) is 2. The Morgan fingerprint density at radius 1 is 1.05 bits per heavy atom. The number of benzene rings is 2. The van der Waals surface area contributed by atoms with E-state index in [0.29, 0.717) is 12.8 Å². The molecule has 1 heterocycles. The van der Waals surface area contributed by atoms with E-state index in [-0.39, 0.29) is 40.3 Å². The monoisotopic (exact) mass is 564 g/mol. The zero-order valence-electron chi connectivity index (χ0n) is 21.9. The quantitative estimate of drug-likeness (QED) is 0.400. The van der Waals surface area contributed by atoms with Gasteiger partial charge in [-0.25, -0.2) is 0 Å². The molecular weight excluding hydrogens is 541 g/mol. The molecule has 2 N–H and O–H groups in total. The molecule has 10 nitrogen and oxygen atoms in total. The molecule has 1 aliphatic rings. The first-order valence-electron chi connectivity index (χ1n) is 12.4. The second-order valence-electron chi connectivity index (χ2n) is 9.21. The number of carbonyl (C=O) groups is 2. The van der Waals surface area contributed by atoms with E-state index in [1.54, 1.807) is 0 Å². The van der Waals surface area contributed by atoms with Crippen molar-refractivity contribution in [2.75, 3.05) is 12.4 Å². The van der Waals surface area contributed by atoms with Crippen molar-refractivity contribution in [2.24, 2.45) is 5.92 Å². The smallest absolute Gasteiger partial charge is 0.435 e. The van der Waals surface area contributed by atoms with Gasteiger partial charge in [-0.1, -0.05) is 6.07 Å². The highest BCUT2D eigenvalue weighted by atomic mass is 19.4. The Labute approximate surface area is 232 Å². The van der Waals surface area contributed by atoms with Crippen molar-refractivity contribution < 1.29 is 32.2 Å². The van der Waals surface area contributed by atoms with Crippen LogP contribution < -0.4 is 20.1 Å². The third kappa shape index (κ3) is 6.36. The van der Waals surface area contributed by atoms with E-state index in [1.807, 2.05) is 6.07 Å². The lowest BCUT2D eigenvalue weighted by Gasteiger charge is -2.17. The highest BCUT2D eigenvalue weighted by Crippen LogP contribution is 2.37. The Bertz CT molecular complexity index is 1580. The molecule has 0 bridgehead atoms. The average Bonchev–Trinajstić information content (AvgIpc) is 3.39. The van der Waals surface area contributed by atoms with Crippen LogP contribution in [0.1, 0.15) is 56.8 Å². The Morgan fingerprint density at radius 3 is 2.51 bits per heavy atom. The minimum Gasteiger partial charge on any atom is -0.493 e. The lowest BCUT2D eigenvalue weighted by molar-refractivity contribution is -0.142. The minimum absolute atomic E-state index is 0.0183. The van der Waals surface area contributed by atoms with Crippen LogP contribution in [0.3, 0.4) is 0 Å². The molecule has 41 heavy (non-hydrogen) atoms. The van der Waals surface area contributed by atoms with Gasteiger partial charge < -0.3 is 20.1 Å². The van der Waals surface area contributed by atoms with Gasteiger partial charge in [0.1, 0.15) is 5.56 Å². The summed E-state index contributed by atoms with van der Waals surface area (Å²) in [5.41, 5.74) is -1.91. The van der Waals surface area contributed by atoms with Crippen LogP contribution in [-0.4, -0.2) is 35.2 Å². The molecule has 2 unspecified atom stereocenters. The lowest BCUT2D eigenvalue weighted by Crippen LogP contribution is -2.36. The molecule has 13 heteroatoms. The summed E-state index contributed by atoms with van der Waals surface area (Å²) in [7, 11) is 1.30. The number of hydrogen-bond acceptors (Lipinski definition) is 8. The molecule has 1 saturated carbocycles. The van der Waals surface area contributed by atoms with Crippen molar-refractivity contribution >= 4 is 17.5 Å². The van der Waals surface area contributed by atoms with Crippen LogP contribution in [0.15, 0.2) is 42.5 Å². The van der Waals surface area contributed by atoms with Crippen molar-refractivity contribution in [2.45, 2.75) is 38.4 Å². The van der Waals surface area contributed by atoms with Crippen molar-refractivity contribution in [3.63, 3.8) is 0 Å². The molecule has 0 aliphatic heterocycles. The van der Waals surface area contributed by atoms with E-state index in [4.69, 9.17) is 14.7 Å². The number of halogens is 3. The fourth-order valence-electron chi connectivity index (χ4n) is 4.50. The van der Waals surface area contributed by atoms with Crippen LogP contribution in [0, 0.1) is 35.5 Å². The summed E-state index contributed by atoms with van der Waals surface area (Å²) in [5.74, 6) is -2.21. The number of alkyl halides is 3. The van der Waals surface area contributed by atoms with Crippen LogP contribution in [0.4, 0.5) is 18.9 Å². The summed E-state index contributed by atoms with van der Waals surface area (Å²) in [5, 5.41) is 30.5. The van der Waals surface area contributed by atoms with Crippen molar-refractivity contribution in [3.8, 4) is 29.5 Å². The molecule has 1 fully saturated rings. The fourth-order valence-corrected chi connectivity index (χ4v) is 4.50. The lowest BCUT2D eigenvalue weighted by atomic mass is 10.0. The Balaban J connectivity index is 1.65. The molecule has 0 radical (unpaired) electrons. The highest BCUT2D eigenvalue weighted by molar-refractivity contribution is 6.07. The maximum atomic E-state index is 13.7. The number of rotatable bonds is 7. The van der Waals surface area contributed by atoms with Crippen LogP contribution in [0.2, 0.25) is 0 Å². The summed E-state index contributed by atoms with van der Waals surface area (Å²) in [4.78, 5) is 26.2. The summed E-state index contributed by atoms with van der Waals surface area (Å²) in [6.45, 7) is 1.06. The molecule has 3 aromatic rings. The van der Waals surface area contributed by atoms with Crippen LogP contribution in [-0.2, 0) is 6.18 Å². The first-order chi connectivity index (χ1) is 19.5. The predicted molar refractivity (Wildman–Crippen MR) is 138 cm³/mol. The van der Waals surface area contributed by atoms with Gasteiger partial charge in [0.15, 0.2) is 17.2 Å². The number of anilines is 1. The van der Waals surface area contributed by atoms with Gasteiger partial charge in [0.05, 0.1) is 30.7 Å². The number of carbonyl (C=O) groups excluding carboxylic acids is 2. The summed E-state index contributed by atoms with van der Waals surface area (Å²) >= 11 is 0. The van der Waals surface area contributed by atoms with Gasteiger partial charge in [-0.05, 0) is 62.1 Å². The molecule has 0 spiro atoms. The van der Waals surface area contributed by atoms with E-state index in [1.165, 1.54) is 49.6 Å². The van der Waals surface area contributed by atoms with Gasteiger partial charge in [0.2, 0.25) is 0 Å². The van der Waals surface area contributed by atoms with Crippen molar-refractivity contribution in [1.29, 1.82) is 10.5 Å². The van der Waals surface area contributed by atoms with Crippen molar-refractivity contribution in [3.05, 3.63) is 70.4 Å². The minimum atomic E-state index is -4.91. The van der Waals surface area contributed by atoms with Gasteiger partial charge in [0.25, 0.3) is 17.7 Å². The first kappa shape index (κ1) is 28.8. The number of nitrogens with zero attached hydrogens (tertiary/aromatic N) is 4. The van der Waals surface area contributed by atoms with E-state index in [0.717, 1.165) is 13.3 Å². The summed E-state index contributed by atoms with van der Waals surface area (Å²) in [6, 6.07) is 13.7. The number of aromatic nitrogens is 2. The fraction of sp³-hybridized carbons (Fsp3) is 0.286. The molecule has 2 aromatic carbocycles. The van der Waals surface area contributed by atoms with Crippen molar-refractivity contribution in [1.82, 2.24) is 15.5 Å². The first-order valence-corrected chi connectivity index (χ1v) is 12.4. The van der Waals surface area contributed by atoms with E-state index < -0.39 is 40.7 Å². The summed E-state index contributed by atoms with van der Waals surface area (Å²) < 4.78 is 51.8. The van der Waals surface area contributed by atoms with Crippen LogP contribution in [0.5, 0.6) is 17.4 Å². The normalized spacial score (nSPS) is 16.3. The number of nitriles is 2. The number of hydrogen-bond donors (Lipinski definition) is 2. The average molecular weight is 565 g/mol. The zero-order chi connectivity index (χ0) is 29.7. The highest BCUT2D eigenvalue weighted by Gasteiger charge is 2.38. The molecule has 4 rings (SSSR count). The van der Waals surface area contributed by atoms with E-state index in [9.17, 15) is 28.0 Å². The molecule has 2 amide bonds. The maximum Gasteiger partial charge on any atom is 0.435 e. The molecule has 210 valence electrons. The van der Waals surface area contributed by atoms with Gasteiger partial charge >= 0.3 is 6.18 Å². The van der Waals surface area contributed by atoms with E-state index >= 15 is 0 Å². The van der Waals surface area contributed by atoms with E-state index in [2.05, 4.69) is 26.9 Å². The second kappa shape index (κ2) is 11.9. The van der Waals surface area contributed by atoms with Gasteiger partial charge in [0, 0.05) is 23.4 Å². The Hall–Kier alpha value is -5.17. The maximum absolute atomic E-state index is 13.7. The third-order valence-electron chi connectivity index (χ3n) is 6.56. The SMILES string of the molecule is COc1cc(C#N)ccc1Oc1nnc(C(F)(F)F)c(C)c1C(=O)Nc1cccc(C(=O)NC2CCCC2C#N)c1. The van der Waals surface area contributed by atoms with Gasteiger partial charge in [-0.3, -0.25) is 9.59 Å². The third-order valence-corrected chi connectivity index (χ3v) is 6.56. The predicted octanol–water partition coefficient (Wildman–Crippen LogP) is 5.15. The summed E-state index contributed by atoms with van der Waals surface area (Å²) in [6.07, 6.45) is -2.73. The molecular formula is C28H23F3N6O4. The number of methoxy groups -OCH3 is 1. The topological polar surface area (TPSA) is 150 Å². The standard InChI is InChI=1S/C28H23F3N6O4/c1-15-23(26(39)34-19-7-3-5-17(12-19)25(38)35-20-8-4-6-18(20)14-33)27(37-36-24(15)28(29,30)31)41-21-10-9-16(13-32)11-22(21)40-2/h3,5,7,9-12,18,20H,4,6,8H2,1-2H3,(H,34,39)(H,35,38). The molecule has 1 aliphatic carbocycles. The number of amides is 2. The Kier molecular flexibility index (Phi) is 8.38.